The highest BCUT2D eigenvalue weighted by atomic mass is 16.7. The normalized spacial score (nSPS) is 12.4. The van der Waals surface area contributed by atoms with Crippen LogP contribution in [0.5, 0.6) is 0 Å². The molecule has 1 unspecified atom stereocenters. The summed E-state index contributed by atoms with van der Waals surface area (Å²) < 4.78 is 5.02. The van der Waals surface area contributed by atoms with Gasteiger partial charge in [0.15, 0.2) is 0 Å². The van der Waals surface area contributed by atoms with Crippen LogP contribution in [0, 0.1) is 0 Å². The number of aliphatic hydroxyl groups excluding tert-OH is 1. The minimum Gasteiger partial charge on any atom is -0.449 e. The van der Waals surface area contributed by atoms with Crippen LogP contribution in [0.4, 0.5) is 16.2 Å². The van der Waals surface area contributed by atoms with Crippen LogP contribution in [-0.4, -0.2) is 29.9 Å². The second-order valence-electron chi connectivity index (χ2n) is 4.98. The zero-order valence-corrected chi connectivity index (χ0v) is 13.8. The van der Waals surface area contributed by atoms with Crippen molar-refractivity contribution >= 4 is 23.2 Å². The molecule has 128 valence electrons. The number of unbranched alkanes of at least 4 members (excludes halogenated alkanes) is 1. The third-order valence-corrected chi connectivity index (χ3v) is 2.95. The molecule has 0 aromatic heterocycles. The van der Waals surface area contributed by atoms with E-state index in [-0.39, 0.29) is 0 Å². The van der Waals surface area contributed by atoms with Gasteiger partial charge in [-0.25, -0.2) is 4.79 Å². The lowest BCUT2D eigenvalue weighted by Gasteiger charge is -2.13. The van der Waals surface area contributed by atoms with Crippen LogP contribution in [0.3, 0.4) is 0 Å². The van der Waals surface area contributed by atoms with E-state index in [1.165, 1.54) is 0 Å². The number of anilines is 2. The molecule has 1 rings (SSSR count). The number of carbonyl (C=O) groups excluding carboxylic acids is 1. The Labute approximate surface area is 136 Å². The number of nitrogens with one attached hydrogen (secondary N) is 2. The summed E-state index contributed by atoms with van der Waals surface area (Å²) in [6.45, 7) is 6.16. The molecule has 0 aliphatic heterocycles. The smallest absolute Gasteiger partial charge is 0.411 e. The first kappa shape index (κ1) is 18.8. The number of benzene rings is 1. The molecule has 0 fully saturated rings. The van der Waals surface area contributed by atoms with Crippen molar-refractivity contribution in [1.29, 1.82) is 0 Å². The van der Waals surface area contributed by atoms with E-state index in [0.717, 1.165) is 25.0 Å². The molecule has 0 aliphatic rings. The molecule has 0 saturated heterocycles. The number of ether oxygens (including phenoxy) is 1. The van der Waals surface area contributed by atoms with Gasteiger partial charge in [-0.05, 0) is 38.0 Å². The predicted molar refractivity (Wildman–Crippen MR) is 90.4 cm³/mol. The quantitative estimate of drug-likeness (QED) is 0.280. The Hall–Kier alpha value is -2.28. The summed E-state index contributed by atoms with van der Waals surface area (Å²) >= 11 is 0. The lowest BCUT2D eigenvalue weighted by Crippen LogP contribution is -2.21. The van der Waals surface area contributed by atoms with E-state index in [2.05, 4.69) is 15.8 Å². The van der Waals surface area contributed by atoms with Gasteiger partial charge in [-0.1, -0.05) is 31.5 Å². The molecular formula is C16H25N3O4. The molecule has 1 aromatic rings. The summed E-state index contributed by atoms with van der Waals surface area (Å²) in [5, 5.41) is 18.8. The third kappa shape index (κ3) is 8.06. The molecule has 1 aromatic carbocycles. The molecule has 7 nitrogen and oxygen atoms in total. The fourth-order valence-corrected chi connectivity index (χ4v) is 1.52. The molecule has 1 amide bonds. The van der Waals surface area contributed by atoms with E-state index < -0.39 is 12.5 Å². The van der Waals surface area contributed by atoms with Crippen LogP contribution in [0.15, 0.2) is 29.4 Å². The zero-order chi connectivity index (χ0) is 17.1. The van der Waals surface area contributed by atoms with Crippen molar-refractivity contribution < 1.29 is 19.5 Å². The summed E-state index contributed by atoms with van der Waals surface area (Å²) in [7, 11) is 0. The lowest BCUT2D eigenvalue weighted by atomic mass is 10.3. The van der Waals surface area contributed by atoms with Gasteiger partial charge in [0.2, 0.25) is 0 Å². The van der Waals surface area contributed by atoms with Crippen molar-refractivity contribution in [2.45, 2.75) is 46.4 Å². The maximum atomic E-state index is 11.6. The van der Waals surface area contributed by atoms with Gasteiger partial charge in [-0.3, -0.25) is 5.32 Å². The van der Waals surface area contributed by atoms with Gasteiger partial charge >= 0.3 is 12.5 Å². The number of oxime groups is 1. The molecular weight excluding hydrogens is 298 g/mol. The molecule has 3 N–H and O–H groups in total. The summed E-state index contributed by atoms with van der Waals surface area (Å²) in [6.07, 6.45) is 0.756. The largest absolute Gasteiger partial charge is 0.449 e. The molecule has 0 heterocycles. The summed E-state index contributed by atoms with van der Waals surface area (Å²) in [5.74, 6) is 0. The maximum Gasteiger partial charge on any atom is 0.411 e. The molecule has 1 atom stereocenters. The van der Waals surface area contributed by atoms with Crippen molar-refractivity contribution in [2.24, 2.45) is 5.16 Å². The van der Waals surface area contributed by atoms with Gasteiger partial charge in [-0.2, -0.15) is 0 Å². The number of rotatable bonds is 9. The number of carbonyl (C=O) groups is 1. The predicted octanol–water partition coefficient (Wildman–Crippen LogP) is 3.53. The van der Waals surface area contributed by atoms with Gasteiger partial charge in [-0.15, -0.1) is 0 Å². The Morgan fingerprint density at radius 1 is 1.35 bits per heavy atom. The average molecular weight is 323 g/mol. The van der Waals surface area contributed by atoms with Crippen molar-refractivity contribution in [3.63, 3.8) is 0 Å². The van der Waals surface area contributed by atoms with Crippen molar-refractivity contribution in [1.82, 2.24) is 0 Å². The average Bonchev–Trinajstić information content (AvgIpc) is 2.53. The number of amides is 1. The van der Waals surface area contributed by atoms with E-state index >= 15 is 0 Å². The first-order valence-corrected chi connectivity index (χ1v) is 7.72. The van der Waals surface area contributed by atoms with Crippen LogP contribution >= 0.6 is 0 Å². The van der Waals surface area contributed by atoms with E-state index in [1.54, 1.807) is 31.2 Å². The molecule has 0 saturated carbocycles. The van der Waals surface area contributed by atoms with Crippen LogP contribution in [0.25, 0.3) is 0 Å². The van der Waals surface area contributed by atoms with Crippen molar-refractivity contribution in [3.8, 4) is 0 Å². The first-order chi connectivity index (χ1) is 11.0. The Morgan fingerprint density at radius 2 is 2.09 bits per heavy atom. The monoisotopic (exact) mass is 323 g/mol. The van der Waals surface area contributed by atoms with Crippen LogP contribution in [-0.2, 0) is 9.57 Å². The molecule has 0 aliphatic carbocycles. The van der Waals surface area contributed by atoms with E-state index in [0.29, 0.717) is 18.0 Å². The summed E-state index contributed by atoms with van der Waals surface area (Å²) in [4.78, 5) is 16.5. The summed E-state index contributed by atoms with van der Waals surface area (Å²) in [5.41, 5.74) is 1.90. The minimum atomic E-state index is -1.27. The number of aliphatic hydroxyl groups is 1. The number of hydrogen-bond acceptors (Lipinski definition) is 6. The van der Waals surface area contributed by atoms with Crippen molar-refractivity contribution in [2.75, 3.05) is 17.2 Å². The molecule has 0 bridgehead atoms. The first-order valence-electron chi connectivity index (χ1n) is 7.72. The highest BCUT2D eigenvalue weighted by Crippen LogP contribution is 2.16. The fourth-order valence-electron chi connectivity index (χ4n) is 1.52. The minimum absolute atomic E-state index is 0.390. The zero-order valence-electron chi connectivity index (χ0n) is 13.8. The van der Waals surface area contributed by atoms with E-state index in [4.69, 9.17) is 9.57 Å². The van der Waals surface area contributed by atoms with Gasteiger partial charge in [0, 0.05) is 11.4 Å². The Balaban J connectivity index is 2.51. The Morgan fingerprint density at radius 3 is 2.78 bits per heavy atom. The van der Waals surface area contributed by atoms with Gasteiger partial charge in [0.1, 0.15) is 0 Å². The topological polar surface area (TPSA) is 92.2 Å². The standard InChI is InChI=1S/C16H25N3O4/c1-4-6-10-22-15(20)17-13-8-7-9-14(11-13)18-16(21)23-19-12(3)5-2/h7-9,11,16,18,21H,4-6,10H2,1-3H3,(H,17,20)/b19-12-. The van der Waals surface area contributed by atoms with Crippen LogP contribution in [0.1, 0.15) is 40.0 Å². The van der Waals surface area contributed by atoms with Gasteiger partial charge in [0.05, 0.1) is 12.3 Å². The van der Waals surface area contributed by atoms with Crippen molar-refractivity contribution in [3.05, 3.63) is 24.3 Å². The summed E-state index contributed by atoms with van der Waals surface area (Å²) in [6, 6.07) is 6.84. The highest BCUT2D eigenvalue weighted by molar-refractivity contribution is 5.85. The van der Waals surface area contributed by atoms with Crippen LogP contribution in [0.2, 0.25) is 0 Å². The Kier molecular flexibility index (Phi) is 8.52. The molecule has 23 heavy (non-hydrogen) atoms. The van der Waals surface area contributed by atoms with E-state index in [9.17, 15) is 9.90 Å². The van der Waals surface area contributed by atoms with E-state index in [1.807, 2.05) is 13.8 Å². The molecule has 0 spiro atoms. The Bertz CT molecular complexity index is 520. The highest BCUT2D eigenvalue weighted by Gasteiger charge is 2.07. The lowest BCUT2D eigenvalue weighted by molar-refractivity contribution is -0.0769. The second kappa shape index (κ2) is 10.4. The number of nitrogens with zero attached hydrogens (tertiary/aromatic N) is 1. The third-order valence-electron chi connectivity index (χ3n) is 2.95. The molecule has 7 heteroatoms. The van der Waals surface area contributed by atoms with Crippen LogP contribution < -0.4 is 10.6 Å². The maximum absolute atomic E-state index is 11.6. The van der Waals surface area contributed by atoms with Gasteiger partial charge < -0.3 is 20.0 Å². The number of hydrogen-bond donors (Lipinski definition) is 3. The SMILES string of the molecule is CCCCOC(=O)Nc1cccc(NC(O)O/N=C(/C)CC)c1. The second-order valence-corrected chi connectivity index (χ2v) is 4.98. The fraction of sp³-hybridized carbons (Fsp3) is 0.500. The van der Waals surface area contributed by atoms with Gasteiger partial charge in [0.25, 0.3) is 0 Å². The molecule has 0 radical (unpaired) electrons.